The van der Waals surface area contributed by atoms with Gasteiger partial charge in [0, 0.05) is 19.6 Å². The van der Waals surface area contributed by atoms with Crippen molar-refractivity contribution in [3.05, 3.63) is 0 Å². The standard InChI is InChI=1S/C15H29N3/c1-13-6-5-11-18(12-13)15(16)17-10-4-9-14-7-2-3-8-14/h13-14H,2-12H2,1H3,(H2,16,17). The molecule has 0 amide bonds. The summed E-state index contributed by atoms with van der Waals surface area (Å²) < 4.78 is 0. The van der Waals surface area contributed by atoms with Crippen LogP contribution >= 0.6 is 0 Å². The number of nitrogens with two attached hydrogens (primary N) is 1. The molecule has 18 heavy (non-hydrogen) atoms. The highest BCUT2D eigenvalue weighted by molar-refractivity contribution is 5.78. The molecule has 1 aliphatic heterocycles. The van der Waals surface area contributed by atoms with Crippen molar-refractivity contribution in [2.75, 3.05) is 19.6 Å². The van der Waals surface area contributed by atoms with Crippen LogP contribution in [0.15, 0.2) is 4.99 Å². The smallest absolute Gasteiger partial charge is 0.191 e. The lowest BCUT2D eigenvalue weighted by Crippen LogP contribution is -2.43. The molecule has 0 spiro atoms. The summed E-state index contributed by atoms with van der Waals surface area (Å²) in [6.45, 7) is 5.42. The number of hydrogen-bond donors (Lipinski definition) is 1. The molecule has 1 aliphatic carbocycles. The van der Waals surface area contributed by atoms with Crippen molar-refractivity contribution in [3.8, 4) is 0 Å². The van der Waals surface area contributed by atoms with Crippen LogP contribution in [0.25, 0.3) is 0 Å². The van der Waals surface area contributed by atoms with Crippen LogP contribution in [0.2, 0.25) is 0 Å². The van der Waals surface area contributed by atoms with Gasteiger partial charge in [-0.15, -0.1) is 0 Å². The van der Waals surface area contributed by atoms with E-state index in [2.05, 4.69) is 16.8 Å². The van der Waals surface area contributed by atoms with E-state index in [1.54, 1.807) is 0 Å². The summed E-state index contributed by atoms with van der Waals surface area (Å²) in [5.74, 6) is 2.54. The van der Waals surface area contributed by atoms with Gasteiger partial charge in [-0.05, 0) is 37.5 Å². The predicted molar refractivity (Wildman–Crippen MR) is 77.7 cm³/mol. The highest BCUT2D eigenvalue weighted by Crippen LogP contribution is 2.28. The lowest BCUT2D eigenvalue weighted by Gasteiger charge is -2.31. The molecule has 2 fully saturated rings. The minimum absolute atomic E-state index is 0.769. The summed E-state index contributed by atoms with van der Waals surface area (Å²) in [6, 6.07) is 0. The number of hydrogen-bond acceptors (Lipinski definition) is 1. The molecule has 104 valence electrons. The van der Waals surface area contributed by atoms with Crippen molar-refractivity contribution in [2.45, 2.75) is 58.3 Å². The van der Waals surface area contributed by atoms with Crippen molar-refractivity contribution in [1.29, 1.82) is 0 Å². The molecule has 1 atom stereocenters. The molecular weight excluding hydrogens is 222 g/mol. The Bertz CT molecular complexity index is 269. The van der Waals surface area contributed by atoms with E-state index in [1.165, 1.54) is 51.4 Å². The van der Waals surface area contributed by atoms with Crippen LogP contribution in [0, 0.1) is 11.8 Å². The maximum atomic E-state index is 6.08. The largest absolute Gasteiger partial charge is 0.370 e. The number of likely N-dealkylation sites (tertiary alicyclic amines) is 1. The average Bonchev–Trinajstić information content (AvgIpc) is 2.87. The molecule has 0 aromatic rings. The molecule has 2 aliphatic rings. The maximum Gasteiger partial charge on any atom is 0.191 e. The number of rotatable bonds is 4. The van der Waals surface area contributed by atoms with Crippen LogP contribution < -0.4 is 5.73 Å². The molecule has 3 heteroatoms. The van der Waals surface area contributed by atoms with Gasteiger partial charge in [-0.3, -0.25) is 4.99 Å². The number of guanidine groups is 1. The Morgan fingerprint density at radius 3 is 2.72 bits per heavy atom. The molecule has 1 saturated carbocycles. The van der Waals surface area contributed by atoms with Crippen molar-refractivity contribution in [1.82, 2.24) is 4.90 Å². The fraction of sp³-hybridized carbons (Fsp3) is 0.933. The Hall–Kier alpha value is -0.730. The second-order valence-electron chi connectivity index (χ2n) is 6.23. The minimum Gasteiger partial charge on any atom is -0.370 e. The zero-order valence-corrected chi connectivity index (χ0v) is 11.9. The van der Waals surface area contributed by atoms with Crippen molar-refractivity contribution >= 4 is 5.96 Å². The molecule has 2 N–H and O–H groups in total. The topological polar surface area (TPSA) is 41.6 Å². The summed E-state index contributed by atoms with van der Waals surface area (Å²) in [5, 5.41) is 0. The third kappa shape index (κ3) is 4.18. The molecule has 0 radical (unpaired) electrons. The quantitative estimate of drug-likeness (QED) is 0.474. The fourth-order valence-corrected chi connectivity index (χ4v) is 3.37. The maximum absolute atomic E-state index is 6.08. The van der Waals surface area contributed by atoms with Gasteiger partial charge in [0.25, 0.3) is 0 Å². The molecule has 0 bridgehead atoms. The van der Waals surface area contributed by atoms with Crippen molar-refractivity contribution < 1.29 is 0 Å². The lowest BCUT2D eigenvalue weighted by atomic mass is 10.0. The Balaban J connectivity index is 1.64. The van der Waals surface area contributed by atoms with Crippen LogP contribution in [0.3, 0.4) is 0 Å². The van der Waals surface area contributed by atoms with Crippen LogP contribution in [0.1, 0.15) is 58.3 Å². The third-order valence-electron chi connectivity index (χ3n) is 4.50. The van der Waals surface area contributed by atoms with Crippen molar-refractivity contribution in [3.63, 3.8) is 0 Å². The molecule has 2 rings (SSSR count). The van der Waals surface area contributed by atoms with Gasteiger partial charge in [0.1, 0.15) is 0 Å². The minimum atomic E-state index is 0.769. The Morgan fingerprint density at radius 1 is 1.22 bits per heavy atom. The van der Waals surface area contributed by atoms with Gasteiger partial charge in [0.15, 0.2) is 5.96 Å². The first-order valence-electron chi connectivity index (χ1n) is 7.80. The molecule has 1 unspecified atom stereocenters. The van der Waals surface area contributed by atoms with E-state index < -0.39 is 0 Å². The number of piperidine rings is 1. The van der Waals surface area contributed by atoms with Gasteiger partial charge in [-0.1, -0.05) is 32.6 Å². The van der Waals surface area contributed by atoms with E-state index in [0.717, 1.165) is 37.4 Å². The van der Waals surface area contributed by atoms with E-state index >= 15 is 0 Å². The van der Waals surface area contributed by atoms with Gasteiger partial charge in [0.2, 0.25) is 0 Å². The highest BCUT2D eigenvalue weighted by Gasteiger charge is 2.17. The normalized spacial score (nSPS) is 26.8. The number of nitrogens with zero attached hydrogens (tertiary/aromatic N) is 2. The zero-order valence-electron chi connectivity index (χ0n) is 11.9. The van der Waals surface area contributed by atoms with Gasteiger partial charge < -0.3 is 10.6 Å². The monoisotopic (exact) mass is 251 g/mol. The van der Waals surface area contributed by atoms with Crippen LogP contribution in [0.5, 0.6) is 0 Å². The van der Waals surface area contributed by atoms with Gasteiger partial charge in [-0.2, -0.15) is 0 Å². The number of aliphatic imine (C=N–C) groups is 1. The first-order chi connectivity index (χ1) is 8.75. The van der Waals surface area contributed by atoms with E-state index in [-0.39, 0.29) is 0 Å². The molecule has 1 saturated heterocycles. The predicted octanol–water partition coefficient (Wildman–Crippen LogP) is 3.00. The Labute approximate surface area is 112 Å². The molecular formula is C15H29N3. The second kappa shape index (κ2) is 7.01. The van der Waals surface area contributed by atoms with E-state index in [9.17, 15) is 0 Å². The first-order valence-corrected chi connectivity index (χ1v) is 7.80. The Kier molecular flexibility index (Phi) is 5.33. The molecule has 0 aromatic heterocycles. The van der Waals surface area contributed by atoms with Crippen molar-refractivity contribution in [2.24, 2.45) is 22.6 Å². The molecule has 1 heterocycles. The Morgan fingerprint density at radius 2 is 2.00 bits per heavy atom. The molecule has 0 aromatic carbocycles. The summed E-state index contributed by atoms with van der Waals surface area (Å²) in [5.41, 5.74) is 6.08. The summed E-state index contributed by atoms with van der Waals surface area (Å²) in [6.07, 6.45) is 11.0. The van der Waals surface area contributed by atoms with E-state index in [4.69, 9.17) is 5.73 Å². The highest BCUT2D eigenvalue weighted by atomic mass is 15.3. The lowest BCUT2D eigenvalue weighted by molar-refractivity contribution is 0.270. The van der Waals surface area contributed by atoms with Gasteiger partial charge >= 0.3 is 0 Å². The third-order valence-corrected chi connectivity index (χ3v) is 4.50. The SMILES string of the molecule is CC1CCCN(C(N)=NCCCC2CCCC2)C1. The van der Waals surface area contributed by atoms with Gasteiger partial charge in [-0.25, -0.2) is 0 Å². The average molecular weight is 251 g/mol. The van der Waals surface area contributed by atoms with Crippen LogP contribution in [-0.2, 0) is 0 Å². The first kappa shape index (κ1) is 13.7. The van der Waals surface area contributed by atoms with Gasteiger partial charge in [0.05, 0.1) is 0 Å². The van der Waals surface area contributed by atoms with Crippen LogP contribution in [-0.4, -0.2) is 30.5 Å². The van der Waals surface area contributed by atoms with E-state index in [1.807, 2.05) is 0 Å². The summed E-state index contributed by atoms with van der Waals surface area (Å²) in [7, 11) is 0. The zero-order chi connectivity index (χ0) is 12.8. The summed E-state index contributed by atoms with van der Waals surface area (Å²) in [4.78, 5) is 6.83. The fourth-order valence-electron chi connectivity index (χ4n) is 3.37. The second-order valence-corrected chi connectivity index (χ2v) is 6.23. The molecule has 3 nitrogen and oxygen atoms in total. The summed E-state index contributed by atoms with van der Waals surface area (Å²) >= 11 is 0. The van der Waals surface area contributed by atoms with Crippen LogP contribution in [0.4, 0.5) is 0 Å². The van der Waals surface area contributed by atoms with E-state index in [0.29, 0.717) is 0 Å².